The van der Waals surface area contributed by atoms with Crippen molar-refractivity contribution in [3.05, 3.63) is 89.0 Å². The first-order valence-corrected chi connectivity index (χ1v) is 50.5. The van der Waals surface area contributed by atoms with Crippen LogP contribution in [0.3, 0.4) is 0 Å². The molecule has 0 bridgehead atoms. The van der Waals surface area contributed by atoms with E-state index in [-0.39, 0.29) is 58.0 Å². The van der Waals surface area contributed by atoms with Crippen LogP contribution in [0.25, 0.3) is 44.7 Å². The lowest BCUT2D eigenvalue weighted by Crippen LogP contribution is -2.48. The lowest BCUT2D eigenvalue weighted by Gasteiger charge is -2.27. The molecule has 788 valence electrons. The summed E-state index contributed by atoms with van der Waals surface area (Å²) < 4.78 is 97.2. The minimum Gasteiger partial charge on any atom is -0.454 e. The Kier molecular flexibility index (Phi) is 34.2. The van der Waals surface area contributed by atoms with E-state index in [1.54, 1.807) is 55.4 Å². The molecule has 60 nitrogen and oxygen atoms in total. The molecule has 0 aromatic carbocycles. The van der Waals surface area contributed by atoms with E-state index in [2.05, 4.69) is 100 Å². The van der Waals surface area contributed by atoms with Gasteiger partial charge in [0.05, 0.1) is 25.3 Å². The number of nitrogens with one attached hydrogen (secondary N) is 4. The van der Waals surface area contributed by atoms with Crippen molar-refractivity contribution < 1.29 is 134 Å². The second-order valence-corrected chi connectivity index (χ2v) is 40.6. The molecule has 18 rings (SSSR count). The van der Waals surface area contributed by atoms with Crippen LogP contribution in [0.2, 0.25) is 10.6 Å². The predicted molar refractivity (Wildman–Crippen MR) is 492 cm³/mol. The van der Waals surface area contributed by atoms with E-state index in [9.17, 15) is 78.6 Å². The minimum absolute atomic E-state index is 0.0195. The number of carbonyl (C=O) groups is 4. The molecule has 10 fully saturated rings. The first-order chi connectivity index (χ1) is 68.6. The molecule has 14 N–H and O–H groups in total. The Morgan fingerprint density at radius 2 is 0.632 bits per heavy atom. The van der Waals surface area contributed by atoms with Crippen molar-refractivity contribution in [3.8, 4) is 0 Å². The molecule has 6 saturated heterocycles. The molecule has 64 heteroatoms. The fraction of sp³-hybridized carbons (Fsp3) is 0.700. The maximum atomic E-state index is 13.1. The number of fused-ring (bicyclic) bond motifs is 6. The number of hydrogen-bond donors (Lipinski definition) is 10. The average molecular weight is 2110 g/mol. The van der Waals surface area contributed by atoms with Crippen molar-refractivity contribution in [2.75, 3.05) is 47.7 Å². The second kappa shape index (κ2) is 46.1. The van der Waals surface area contributed by atoms with Gasteiger partial charge in [0.25, 0.3) is 20.3 Å². The normalized spacial score (nSPS) is 28.2. The molecule has 0 radical (unpaired) electrons. The molecule has 4 saturated carbocycles. The quantitative estimate of drug-likeness (QED) is 0.00553. The number of nitrogens with zero attached hydrogens (tertiary/aromatic N) is 20. The number of ether oxygens (including phenoxy) is 8. The molecule has 8 aromatic rings. The van der Waals surface area contributed by atoms with Crippen LogP contribution in [-0.2, 0) is 104 Å². The minimum atomic E-state index is -4.35. The predicted octanol–water partition coefficient (Wildman–Crippen LogP) is 5.80. The highest BCUT2D eigenvalue weighted by Crippen LogP contribution is 2.60. The zero-order valence-electron chi connectivity index (χ0n) is 78.8. The summed E-state index contributed by atoms with van der Waals surface area (Å²) in [5.41, 5.74) is 27.2. The summed E-state index contributed by atoms with van der Waals surface area (Å²) in [7, 11) is -8.67. The second-order valence-electron chi connectivity index (χ2n) is 37.2. The Morgan fingerprint density at radius 1 is 0.382 bits per heavy atom. The zero-order chi connectivity index (χ0) is 103. The number of halogens is 2. The number of hydrogen-bond acceptors (Lipinski definition) is 50. The van der Waals surface area contributed by atoms with Crippen molar-refractivity contribution in [1.29, 1.82) is 0 Å². The molecular formula is C80H112Cl2N28O32P2. The molecule has 8 aromatic heterocycles. The van der Waals surface area contributed by atoms with Gasteiger partial charge in [0.1, 0.15) is 112 Å². The van der Waals surface area contributed by atoms with Crippen molar-refractivity contribution in [2.45, 2.75) is 305 Å². The van der Waals surface area contributed by atoms with E-state index in [1.165, 1.54) is 56.2 Å². The average Bonchev–Trinajstić information content (AvgIpc) is 1.59. The third-order valence-electron chi connectivity index (χ3n) is 25.9. The number of anilines is 4. The summed E-state index contributed by atoms with van der Waals surface area (Å²) in [5.74, 6) is -2.28. The summed E-state index contributed by atoms with van der Waals surface area (Å²) in [6, 6.07) is -3.04. The SMILES string of the molecule is CC(C)[C@H](N)C(=O)O[C@@H]1[C@H](OC(=O)[C@@H](N)C(C)C)[C@@H](CO[N+](=O)[O-])O[C@H]1n1cnc2c(NC3CCCC3)nc(Cl)nc21.CC(C)[C@H](N)C(=O)O[C@@H]1[C@H](OC(=O)[C@@H](N)C(C)C)[C@@H](CO[N+](=O)[O-])O[C@H]1n1cnc2c(NC3CCCC3)ncnc21.O=[N+]([O-])OC[C@H]1O[C@@H](n2cnc3c(NC4CCCC4)nc(Cl)nc32)[C@@H]2OP(=O)(O)O[C@@H]21.O=[N+]([O-])OC[C@H]1O[C@@H](n2cnc3c(NC4CCCC4)ncnc32)[C@@H]2OP(=O)(O)O[C@@H]21. The number of nitrogens with two attached hydrogens (primary N) is 4. The Labute approximate surface area is 826 Å². The summed E-state index contributed by atoms with van der Waals surface area (Å²) in [6.07, 6.45) is 7.21. The van der Waals surface area contributed by atoms with Gasteiger partial charge in [-0.05, 0) is 98.2 Å². The Hall–Kier alpha value is -11.4. The third-order valence-corrected chi connectivity index (χ3v) is 28.3. The molecule has 0 spiro atoms. The highest BCUT2D eigenvalue weighted by Gasteiger charge is 2.61. The molecule has 2 unspecified atom stereocenters. The molecule has 144 heavy (non-hydrogen) atoms. The number of rotatable bonds is 36. The van der Waals surface area contributed by atoms with Crippen molar-refractivity contribution >= 4 is 131 Å². The van der Waals surface area contributed by atoms with Gasteiger partial charge < -0.3 is 111 Å². The maximum Gasteiger partial charge on any atom is 0.473 e. The zero-order valence-corrected chi connectivity index (χ0v) is 82.1. The first kappa shape index (κ1) is 107. The Balaban J connectivity index is 0.000000146. The number of aromatic nitrogens is 16. The fourth-order valence-electron chi connectivity index (χ4n) is 18.1. The third kappa shape index (κ3) is 24.9. The Bertz CT molecular complexity index is 6010. The fourth-order valence-corrected chi connectivity index (χ4v) is 20.7. The summed E-state index contributed by atoms with van der Waals surface area (Å²) in [5, 5.41) is 52.7. The van der Waals surface area contributed by atoms with Crippen LogP contribution in [0.1, 0.15) is 183 Å². The van der Waals surface area contributed by atoms with Gasteiger partial charge in [-0.25, -0.2) is 49.0 Å². The van der Waals surface area contributed by atoms with E-state index >= 15 is 0 Å². The highest BCUT2D eigenvalue weighted by atomic mass is 35.5. The van der Waals surface area contributed by atoms with Gasteiger partial charge in [0, 0.05) is 24.2 Å². The monoisotopic (exact) mass is 2110 g/mol. The van der Waals surface area contributed by atoms with Gasteiger partial charge in [-0.3, -0.25) is 55.5 Å². The van der Waals surface area contributed by atoms with Crippen LogP contribution in [0, 0.1) is 64.1 Å². The van der Waals surface area contributed by atoms with Gasteiger partial charge in [-0.1, -0.05) is 107 Å². The van der Waals surface area contributed by atoms with Crippen LogP contribution in [0.15, 0.2) is 38.0 Å². The van der Waals surface area contributed by atoms with E-state index in [0.717, 1.165) is 103 Å². The highest BCUT2D eigenvalue weighted by molar-refractivity contribution is 7.48. The van der Waals surface area contributed by atoms with Crippen molar-refractivity contribution in [3.63, 3.8) is 0 Å². The van der Waals surface area contributed by atoms with Crippen LogP contribution in [-0.4, -0.2) is 280 Å². The molecule has 4 aliphatic carbocycles. The number of phosphoric acid groups is 2. The molecule has 6 aliphatic heterocycles. The maximum absolute atomic E-state index is 13.1. The first-order valence-electron chi connectivity index (χ1n) is 46.7. The molecule has 0 amide bonds. The van der Waals surface area contributed by atoms with E-state index in [1.807, 2.05) is 0 Å². The van der Waals surface area contributed by atoms with Gasteiger partial charge in [0.15, 0.2) is 117 Å². The van der Waals surface area contributed by atoms with Crippen LogP contribution >= 0.6 is 38.8 Å². The number of phosphoric ester groups is 2. The lowest BCUT2D eigenvalue weighted by molar-refractivity contribution is -0.759. The largest absolute Gasteiger partial charge is 0.473 e. The van der Waals surface area contributed by atoms with E-state index in [0.29, 0.717) is 68.3 Å². The van der Waals surface area contributed by atoms with Crippen LogP contribution < -0.4 is 44.2 Å². The molecule has 22 atom stereocenters. The van der Waals surface area contributed by atoms with E-state index in [4.69, 9.17) is 102 Å². The van der Waals surface area contributed by atoms with Gasteiger partial charge in [-0.15, -0.1) is 40.5 Å². The Morgan fingerprint density at radius 3 is 0.931 bits per heavy atom. The summed E-state index contributed by atoms with van der Waals surface area (Å²) in [4.78, 5) is 185. The smallest absolute Gasteiger partial charge is 0.454 e. The van der Waals surface area contributed by atoms with Gasteiger partial charge in [-0.2, -0.15) is 19.9 Å². The summed E-state index contributed by atoms with van der Waals surface area (Å²) >= 11 is 12.4. The molecule has 14 heterocycles. The molecular weight excluding hydrogens is 2000 g/mol. The molecule has 10 aliphatic rings. The topological polar surface area (TPSA) is 790 Å². The van der Waals surface area contributed by atoms with Gasteiger partial charge >= 0.3 is 39.5 Å². The van der Waals surface area contributed by atoms with Gasteiger partial charge in [0.2, 0.25) is 10.6 Å². The standard InChI is InChI=1S/C25H37ClN8O8.C25H38N8O8.C15H18ClN6O8P.C15H19N6O8P/c1-11(2)15(27)23(35)41-18-14(9-39-34(37)38)40-22(19(18)42-24(36)16(28)12(3)4)33-10-29-17-20(30-13-7-5-6-8-13)31-25(26)32-21(17)33;1-12(2)16(26)24(34)40-19-15(9-38-33(36)37)39-23(20(19)41-25(35)17(27)13(3)4)32-11-30-18-21(28-10-29-22(18)32)31-14-7-5-6-8-14;16-15-19-12(18-7-3-1-2-4-7)9-13(20-15)21(6-17-9)14-11-10(29-31(25,26)30-11)8(28-14)5-27-22(23)24;22-21(23)26-5-9-11-12(29-30(24,25)28-11)15(27-9)20-7-18-10-13(16-6-17-14(10)20)19-8-3-1-2-4-8/h10-16,18-19,22H,5-9,27-28H2,1-4H3,(H,30,31,32);10-17,19-20,23H,5-9,26-27H2,1-4H3,(H,28,29,31);6-8,10-11,14H,1-5H2,(H,25,26)(H,18,19,20);6-9,11-12,15H,1-5H2,(H,24,25)(H,16,17,19)/t14-,15+,16+,18-,19-,22-;15-,16+,17+,19-,20-,23-;8-,10-,11-,14-;9-,11-,12-,15-/m1111/s1. The van der Waals surface area contributed by atoms with Crippen molar-refractivity contribution in [2.24, 2.45) is 46.6 Å². The summed E-state index contributed by atoms with van der Waals surface area (Å²) in [6.45, 7) is 11.7. The van der Waals surface area contributed by atoms with Crippen LogP contribution in [0.5, 0.6) is 0 Å². The van der Waals surface area contributed by atoms with Crippen molar-refractivity contribution in [1.82, 2.24) is 78.1 Å². The number of carbonyl (C=O) groups excluding carboxylic acids is 4. The number of imidazole rings is 4. The van der Waals surface area contributed by atoms with E-state index < -0.39 is 209 Å². The lowest BCUT2D eigenvalue weighted by atomic mass is 10.0. The number of esters is 4. The van der Waals surface area contributed by atoms with Crippen LogP contribution in [0.4, 0.5) is 23.3 Å².